The summed E-state index contributed by atoms with van der Waals surface area (Å²) in [5, 5.41) is 17.8. The van der Waals surface area contributed by atoms with Gasteiger partial charge in [-0.25, -0.2) is 0 Å². The fourth-order valence-electron chi connectivity index (χ4n) is 2.78. The Hall–Kier alpha value is -0.0800. The van der Waals surface area contributed by atoms with E-state index in [0.29, 0.717) is 17.8 Å². The molecule has 84 valence electrons. The maximum atomic E-state index is 8.90. The van der Waals surface area contributed by atoms with Gasteiger partial charge in [-0.1, -0.05) is 26.7 Å². The summed E-state index contributed by atoms with van der Waals surface area (Å²) in [4.78, 5) is 0. The molecule has 0 heterocycles. The largest absolute Gasteiger partial charge is 0.368 e. The van der Waals surface area contributed by atoms with Crippen molar-refractivity contribution in [2.24, 2.45) is 11.3 Å². The average molecular weight is 200 g/mol. The minimum absolute atomic E-state index is 0.543. The van der Waals surface area contributed by atoms with Gasteiger partial charge in [0, 0.05) is 6.42 Å². The molecule has 0 amide bonds. The van der Waals surface area contributed by atoms with E-state index in [2.05, 4.69) is 13.8 Å². The van der Waals surface area contributed by atoms with Crippen LogP contribution in [0.15, 0.2) is 0 Å². The van der Waals surface area contributed by atoms with E-state index < -0.39 is 6.29 Å². The summed E-state index contributed by atoms with van der Waals surface area (Å²) < 4.78 is 0. The molecule has 0 atom stereocenters. The van der Waals surface area contributed by atoms with E-state index in [1.807, 2.05) is 0 Å². The Labute approximate surface area is 87.3 Å². The van der Waals surface area contributed by atoms with Gasteiger partial charge in [-0.05, 0) is 37.0 Å². The van der Waals surface area contributed by atoms with Gasteiger partial charge in [0.1, 0.15) is 0 Å². The second kappa shape index (κ2) is 5.13. The normalized spacial score (nSPS) is 22.9. The quantitative estimate of drug-likeness (QED) is 0.685. The number of aliphatic hydroxyl groups excluding tert-OH is 1. The molecule has 2 heteroatoms. The van der Waals surface area contributed by atoms with E-state index >= 15 is 0 Å². The molecule has 1 fully saturated rings. The number of rotatable bonds is 4. The Kier molecular flexibility index (Phi) is 4.39. The Bertz CT molecular complexity index is 152. The maximum absolute atomic E-state index is 8.90. The van der Waals surface area contributed by atoms with Crippen molar-refractivity contribution in [2.75, 3.05) is 0 Å². The molecule has 2 nitrogen and oxygen atoms in total. The highest BCUT2D eigenvalue weighted by Gasteiger charge is 2.32. The second-order valence-corrected chi connectivity index (χ2v) is 4.87. The summed E-state index contributed by atoms with van der Waals surface area (Å²) in [7, 11) is 0. The van der Waals surface area contributed by atoms with E-state index in [1.165, 1.54) is 38.5 Å². The molecule has 1 saturated carbocycles. The Morgan fingerprint density at radius 2 is 1.64 bits per heavy atom. The number of hydrogen-bond acceptors (Lipinski definition) is 2. The first-order valence-corrected chi connectivity index (χ1v) is 5.98. The van der Waals surface area contributed by atoms with Gasteiger partial charge in [0.25, 0.3) is 0 Å². The Balaban J connectivity index is 2.37. The minimum atomic E-state index is -1.10. The first kappa shape index (κ1) is 12.0. The summed E-state index contributed by atoms with van der Waals surface area (Å²) in [5.74, 6) is 0.543. The van der Waals surface area contributed by atoms with Crippen LogP contribution in [0.5, 0.6) is 0 Å². The van der Waals surface area contributed by atoms with Crippen LogP contribution in [0.3, 0.4) is 0 Å². The average Bonchev–Trinajstić information content (AvgIpc) is 2.19. The van der Waals surface area contributed by atoms with E-state index in [0.717, 1.165) is 0 Å². The van der Waals surface area contributed by atoms with Crippen LogP contribution in [0.2, 0.25) is 0 Å². The molecular formula is C12H24O2. The highest BCUT2D eigenvalue weighted by Crippen LogP contribution is 2.44. The van der Waals surface area contributed by atoms with E-state index in [1.54, 1.807) is 0 Å². The molecule has 0 saturated heterocycles. The highest BCUT2D eigenvalue weighted by molar-refractivity contribution is 4.83. The summed E-state index contributed by atoms with van der Waals surface area (Å²) in [6.45, 7) is 4.56. The van der Waals surface area contributed by atoms with Crippen molar-refractivity contribution >= 4 is 0 Å². The summed E-state index contributed by atoms with van der Waals surface area (Å²) in [6.07, 6.45) is 6.93. The first-order valence-electron chi connectivity index (χ1n) is 5.98. The van der Waals surface area contributed by atoms with Gasteiger partial charge < -0.3 is 10.2 Å². The molecule has 1 rings (SSSR count). The molecule has 1 aliphatic rings. The lowest BCUT2D eigenvalue weighted by molar-refractivity contribution is -0.0628. The zero-order chi connectivity index (χ0) is 10.6. The molecule has 0 bridgehead atoms. The fourth-order valence-corrected chi connectivity index (χ4v) is 2.78. The lowest BCUT2D eigenvalue weighted by Gasteiger charge is -2.39. The van der Waals surface area contributed by atoms with Gasteiger partial charge in [-0.15, -0.1) is 0 Å². The molecule has 1 aliphatic carbocycles. The SMILES string of the molecule is CCC1(CC)CCC(CC(O)O)CC1. The molecule has 0 unspecified atom stereocenters. The van der Waals surface area contributed by atoms with Crippen molar-refractivity contribution in [2.45, 2.75) is 65.1 Å². The van der Waals surface area contributed by atoms with Crippen LogP contribution in [0.1, 0.15) is 58.8 Å². The predicted octanol–water partition coefficient (Wildman–Crippen LogP) is 2.68. The van der Waals surface area contributed by atoms with Crippen LogP contribution in [0, 0.1) is 11.3 Å². The molecule has 14 heavy (non-hydrogen) atoms. The van der Waals surface area contributed by atoms with Crippen LogP contribution in [0.4, 0.5) is 0 Å². The molecule has 0 spiro atoms. The zero-order valence-electron chi connectivity index (χ0n) is 9.50. The third-order valence-corrected chi connectivity index (χ3v) is 4.21. The van der Waals surface area contributed by atoms with E-state index in [9.17, 15) is 0 Å². The predicted molar refractivity (Wildman–Crippen MR) is 57.8 cm³/mol. The molecule has 0 aromatic rings. The molecule has 2 N–H and O–H groups in total. The van der Waals surface area contributed by atoms with Crippen molar-refractivity contribution < 1.29 is 10.2 Å². The topological polar surface area (TPSA) is 40.5 Å². The molecule has 0 aromatic carbocycles. The van der Waals surface area contributed by atoms with Crippen LogP contribution >= 0.6 is 0 Å². The Morgan fingerprint density at radius 3 is 2.00 bits per heavy atom. The summed E-state index contributed by atoms with van der Waals surface area (Å²) >= 11 is 0. The summed E-state index contributed by atoms with van der Waals surface area (Å²) in [6, 6.07) is 0. The van der Waals surface area contributed by atoms with Crippen LogP contribution in [0.25, 0.3) is 0 Å². The monoisotopic (exact) mass is 200 g/mol. The molecule has 0 radical (unpaired) electrons. The molecular weight excluding hydrogens is 176 g/mol. The second-order valence-electron chi connectivity index (χ2n) is 4.87. The lowest BCUT2D eigenvalue weighted by Crippen LogP contribution is -2.27. The van der Waals surface area contributed by atoms with Crippen molar-refractivity contribution in [3.8, 4) is 0 Å². The smallest absolute Gasteiger partial charge is 0.151 e. The zero-order valence-corrected chi connectivity index (χ0v) is 9.50. The Morgan fingerprint density at radius 1 is 1.14 bits per heavy atom. The van der Waals surface area contributed by atoms with Gasteiger partial charge in [-0.3, -0.25) is 0 Å². The number of aliphatic hydroxyl groups is 2. The van der Waals surface area contributed by atoms with Crippen LogP contribution in [-0.2, 0) is 0 Å². The first-order chi connectivity index (χ1) is 6.62. The third kappa shape index (κ3) is 2.96. The number of hydrogen-bond donors (Lipinski definition) is 2. The van der Waals surface area contributed by atoms with Gasteiger partial charge in [-0.2, -0.15) is 0 Å². The van der Waals surface area contributed by atoms with Gasteiger partial charge in [0.2, 0.25) is 0 Å². The third-order valence-electron chi connectivity index (χ3n) is 4.21. The summed E-state index contributed by atoms with van der Waals surface area (Å²) in [5.41, 5.74) is 0.566. The minimum Gasteiger partial charge on any atom is -0.368 e. The van der Waals surface area contributed by atoms with E-state index in [-0.39, 0.29) is 0 Å². The van der Waals surface area contributed by atoms with Gasteiger partial charge in [0.05, 0.1) is 0 Å². The van der Waals surface area contributed by atoms with E-state index in [4.69, 9.17) is 10.2 Å². The lowest BCUT2D eigenvalue weighted by atomic mass is 9.67. The maximum Gasteiger partial charge on any atom is 0.151 e. The fraction of sp³-hybridized carbons (Fsp3) is 1.00. The molecule has 0 aliphatic heterocycles. The van der Waals surface area contributed by atoms with Gasteiger partial charge >= 0.3 is 0 Å². The standard InChI is InChI=1S/C12H24O2/c1-3-12(4-2)7-5-10(6-8-12)9-11(13)14/h10-11,13-14H,3-9H2,1-2H3. The molecule has 0 aromatic heterocycles. The van der Waals surface area contributed by atoms with Crippen LogP contribution in [-0.4, -0.2) is 16.5 Å². The van der Waals surface area contributed by atoms with Crippen molar-refractivity contribution in [1.82, 2.24) is 0 Å². The van der Waals surface area contributed by atoms with Crippen molar-refractivity contribution in [3.63, 3.8) is 0 Å². The van der Waals surface area contributed by atoms with Gasteiger partial charge in [0.15, 0.2) is 6.29 Å². The van der Waals surface area contributed by atoms with Crippen molar-refractivity contribution in [3.05, 3.63) is 0 Å². The van der Waals surface area contributed by atoms with Crippen molar-refractivity contribution in [1.29, 1.82) is 0 Å². The highest BCUT2D eigenvalue weighted by atomic mass is 16.5. The van der Waals surface area contributed by atoms with Crippen LogP contribution < -0.4 is 0 Å².